The summed E-state index contributed by atoms with van der Waals surface area (Å²) in [5, 5.41) is 11.1. The van der Waals surface area contributed by atoms with Gasteiger partial charge in [-0.3, -0.25) is 15.1 Å². The molecule has 8 heteroatoms. The normalized spacial score (nSPS) is 23.7. The van der Waals surface area contributed by atoms with Crippen LogP contribution in [0.15, 0.2) is 36.4 Å². The van der Waals surface area contributed by atoms with Gasteiger partial charge in [-0.05, 0) is 69.6 Å². The summed E-state index contributed by atoms with van der Waals surface area (Å²) in [4.78, 5) is 13.6. The Morgan fingerprint density at radius 1 is 1.15 bits per heavy atom. The van der Waals surface area contributed by atoms with Crippen LogP contribution in [0.1, 0.15) is 48.4 Å². The van der Waals surface area contributed by atoms with Crippen LogP contribution in [0.5, 0.6) is 17.2 Å². The van der Waals surface area contributed by atoms with Gasteiger partial charge < -0.3 is 20.3 Å². The third-order valence-corrected chi connectivity index (χ3v) is 7.27. The average molecular weight is 469 g/mol. The second kappa shape index (κ2) is 10.6. The van der Waals surface area contributed by atoms with Crippen molar-refractivity contribution in [3.05, 3.63) is 53.1 Å². The Kier molecular flexibility index (Phi) is 7.60. The third kappa shape index (κ3) is 5.14. The highest BCUT2D eigenvalue weighted by Crippen LogP contribution is 2.43. The molecule has 3 atom stereocenters. The summed E-state index contributed by atoms with van der Waals surface area (Å²) >= 11 is 0. The van der Waals surface area contributed by atoms with E-state index < -0.39 is 0 Å². The summed E-state index contributed by atoms with van der Waals surface area (Å²) in [5.74, 6) is 1.71. The van der Waals surface area contributed by atoms with Crippen molar-refractivity contribution >= 4 is 5.91 Å². The van der Waals surface area contributed by atoms with Crippen molar-refractivity contribution in [2.45, 2.75) is 44.7 Å². The topological polar surface area (TPSA) is 109 Å². The molecule has 34 heavy (non-hydrogen) atoms. The Morgan fingerprint density at radius 3 is 2.50 bits per heavy atom. The number of amides is 1. The van der Waals surface area contributed by atoms with Crippen LogP contribution in [0.3, 0.4) is 0 Å². The molecule has 2 aliphatic rings. The van der Waals surface area contributed by atoms with Crippen LogP contribution in [0.2, 0.25) is 0 Å². The highest BCUT2D eigenvalue weighted by Gasteiger charge is 2.37. The van der Waals surface area contributed by atoms with Crippen LogP contribution in [-0.2, 0) is 4.79 Å². The molecule has 2 aromatic rings. The van der Waals surface area contributed by atoms with Crippen LogP contribution >= 0.6 is 0 Å². The molecule has 0 bridgehead atoms. The van der Waals surface area contributed by atoms with Gasteiger partial charge in [-0.25, -0.2) is 5.43 Å². The van der Waals surface area contributed by atoms with Crippen molar-refractivity contribution in [3.8, 4) is 17.2 Å². The van der Waals surface area contributed by atoms with Crippen molar-refractivity contribution in [2.24, 2.45) is 11.7 Å². The Morgan fingerprint density at radius 2 is 1.85 bits per heavy atom. The highest BCUT2D eigenvalue weighted by atomic mass is 16.5. The van der Waals surface area contributed by atoms with Crippen molar-refractivity contribution < 1.29 is 19.4 Å². The van der Waals surface area contributed by atoms with Gasteiger partial charge in [0.15, 0.2) is 0 Å². The number of hydrogen-bond donors (Lipinski definition) is 4. The standard InChI is InChI=1S/C26H36N4O4/c1-16-22(34-15-14-30-12-10-19(11-13-30)26(27)32)9-8-21(25(16)31)24-23(17(2)28-29-24)18-4-6-20(33-3)7-5-18/h4-9,17,19,23-24,28-29,31H,10-15H2,1-3H3,(H2,27,32). The molecule has 0 aromatic heterocycles. The van der Waals surface area contributed by atoms with Crippen molar-refractivity contribution in [3.63, 3.8) is 0 Å². The first-order valence-electron chi connectivity index (χ1n) is 12.0. The Hall–Kier alpha value is -2.81. The quantitative estimate of drug-likeness (QED) is 0.472. The van der Waals surface area contributed by atoms with Gasteiger partial charge in [0, 0.05) is 35.5 Å². The first-order valence-corrected chi connectivity index (χ1v) is 12.0. The number of phenolic OH excluding ortho intramolecular Hbond substituents is 1. The lowest BCUT2D eigenvalue weighted by molar-refractivity contribution is -0.123. The molecule has 2 aromatic carbocycles. The Labute approximate surface area is 201 Å². The molecular weight excluding hydrogens is 432 g/mol. The van der Waals surface area contributed by atoms with Crippen molar-refractivity contribution in [2.75, 3.05) is 33.4 Å². The molecule has 0 saturated carbocycles. The van der Waals surface area contributed by atoms with Gasteiger partial charge in [-0.1, -0.05) is 12.1 Å². The lowest BCUT2D eigenvalue weighted by Crippen LogP contribution is -2.40. The summed E-state index contributed by atoms with van der Waals surface area (Å²) in [7, 11) is 1.66. The molecule has 0 aliphatic carbocycles. The smallest absolute Gasteiger partial charge is 0.220 e. The zero-order chi connectivity index (χ0) is 24.2. The van der Waals surface area contributed by atoms with E-state index in [-0.39, 0.29) is 35.6 Å². The van der Waals surface area contributed by atoms with E-state index >= 15 is 0 Å². The summed E-state index contributed by atoms with van der Waals surface area (Å²) in [5.41, 5.74) is 14.9. The maximum Gasteiger partial charge on any atom is 0.220 e. The van der Waals surface area contributed by atoms with E-state index in [1.54, 1.807) is 7.11 Å². The number of methoxy groups -OCH3 is 1. The minimum atomic E-state index is -0.197. The van der Waals surface area contributed by atoms with Crippen LogP contribution in [0.25, 0.3) is 0 Å². The second-order valence-electron chi connectivity index (χ2n) is 9.35. The van der Waals surface area contributed by atoms with Gasteiger partial charge in [0.05, 0.1) is 13.2 Å². The molecule has 5 N–H and O–H groups in total. The number of hydrogen-bond acceptors (Lipinski definition) is 7. The number of nitrogens with two attached hydrogens (primary N) is 1. The molecule has 0 spiro atoms. The van der Waals surface area contributed by atoms with E-state index in [0.717, 1.165) is 49.4 Å². The number of benzene rings is 2. The maximum absolute atomic E-state index is 11.3. The summed E-state index contributed by atoms with van der Waals surface area (Å²) < 4.78 is 11.3. The number of aromatic hydroxyl groups is 1. The van der Waals surface area contributed by atoms with E-state index in [0.29, 0.717) is 12.4 Å². The predicted octanol–water partition coefficient (Wildman–Crippen LogP) is 2.61. The molecule has 2 heterocycles. The van der Waals surface area contributed by atoms with Gasteiger partial charge in [0.2, 0.25) is 5.91 Å². The van der Waals surface area contributed by atoms with Crippen LogP contribution in [-0.4, -0.2) is 55.3 Å². The summed E-state index contributed by atoms with van der Waals surface area (Å²) in [6, 6.07) is 12.1. The van der Waals surface area contributed by atoms with Crippen molar-refractivity contribution in [1.82, 2.24) is 15.8 Å². The minimum Gasteiger partial charge on any atom is -0.507 e. The lowest BCUT2D eigenvalue weighted by atomic mass is 9.83. The van der Waals surface area contributed by atoms with E-state index in [1.807, 2.05) is 31.2 Å². The Balaban J connectivity index is 1.41. The average Bonchev–Trinajstić information content (AvgIpc) is 3.23. The zero-order valence-corrected chi connectivity index (χ0v) is 20.2. The number of nitrogens with zero attached hydrogens (tertiary/aromatic N) is 1. The number of primary amides is 1. The fraction of sp³-hybridized carbons (Fsp3) is 0.500. The number of ether oxygens (including phenoxy) is 2. The molecule has 1 amide bonds. The lowest BCUT2D eigenvalue weighted by Gasteiger charge is -2.30. The molecule has 8 nitrogen and oxygen atoms in total. The number of rotatable bonds is 8. The Bertz CT molecular complexity index is 989. The van der Waals surface area contributed by atoms with Gasteiger partial charge >= 0.3 is 0 Å². The van der Waals surface area contributed by atoms with Gasteiger partial charge in [0.1, 0.15) is 23.9 Å². The fourth-order valence-corrected chi connectivity index (χ4v) is 5.10. The number of phenols is 1. The number of likely N-dealkylation sites (tertiary alicyclic amines) is 1. The molecule has 2 fully saturated rings. The monoisotopic (exact) mass is 468 g/mol. The van der Waals surface area contributed by atoms with Gasteiger partial charge in [0.25, 0.3) is 0 Å². The van der Waals surface area contributed by atoms with Gasteiger partial charge in [-0.15, -0.1) is 0 Å². The molecule has 2 aliphatic heterocycles. The fourth-order valence-electron chi connectivity index (χ4n) is 5.10. The van der Waals surface area contributed by atoms with Crippen LogP contribution in [0, 0.1) is 12.8 Å². The molecular formula is C26H36N4O4. The summed E-state index contributed by atoms with van der Waals surface area (Å²) in [6.45, 7) is 7.03. The van der Waals surface area contributed by atoms with E-state index in [1.165, 1.54) is 5.56 Å². The van der Waals surface area contributed by atoms with E-state index in [9.17, 15) is 9.90 Å². The highest BCUT2D eigenvalue weighted by molar-refractivity contribution is 5.76. The molecule has 3 unspecified atom stereocenters. The third-order valence-electron chi connectivity index (χ3n) is 7.27. The second-order valence-corrected chi connectivity index (χ2v) is 9.35. The molecule has 4 rings (SSSR count). The first-order chi connectivity index (χ1) is 16.4. The number of carbonyl (C=O) groups excluding carboxylic acids is 1. The number of nitrogens with one attached hydrogen (secondary N) is 2. The van der Waals surface area contributed by atoms with E-state index in [4.69, 9.17) is 15.2 Å². The molecule has 184 valence electrons. The number of piperidine rings is 1. The molecule has 2 saturated heterocycles. The molecule has 0 radical (unpaired) electrons. The predicted molar refractivity (Wildman–Crippen MR) is 131 cm³/mol. The largest absolute Gasteiger partial charge is 0.507 e. The maximum atomic E-state index is 11.3. The zero-order valence-electron chi connectivity index (χ0n) is 20.2. The van der Waals surface area contributed by atoms with Crippen LogP contribution in [0.4, 0.5) is 0 Å². The van der Waals surface area contributed by atoms with Crippen molar-refractivity contribution in [1.29, 1.82) is 0 Å². The van der Waals surface area contributed by atoms with Gasteiger partial charge in [-0.2, -0.15) is 0 Å². The van der Waals surface area contributed by atoms with E-state index in [2.05, 4.69) is 34.8 Å². The number of hydrazine groups is 1. The summed E-state index contributed by atoms with van der Waals surface area (Å²) in [6.07, 6.45) is 1.61. The first kappa shape index (κ1) is 24.3. The number of carbonyl (C=O) groups is 1. The minimum absolute atomic E-state index is 0.00736. The van der Waals surface area contributed by atoms with Crippen LogP contribution < -0.4 is 26.1 Å². The SMILES string of the molecule is COc1ccc(C2C(C)NNC2c2ccc(OCCN3CCC(C(N)=O)CC3)c(C)c2O)cc1.